The third-order valence-corrected chi connectivity index (χ3v) is 3.89. The van der Waals surface area contributed by atoms with Crippen LogP contribution in [-0.2, 0) is 0 Å². The molecule has 0 radical (unpaired) electrons. The van der Waals surface area contributed by atoms with Gasteiger partial charge in [-0.2, -0.15) is 0 Å². The van der Waals surface area contributed by atoms with E-state index in [0.717, 1.165) is 11.3 Å². The lowest BCUT2D eigenvalue weighted by molar-refractivity contribution is 0.363. The van der Waals surface area contributed by atoms with Crippen LogP contribution in [0.3, 0.4) is 0 Å². The summed E-state index contributed by atoms with van der Waals surface area (Å²) in [7, 11) is 0. The molecule has 0 N–H and O–H groups in total. The van der Waals surface area contributed by atoms with Crippen LogP contribution in [0.2, 0.25) is 0 Å². The zero-order chi connectivity index (χ0) is 6.22. The van der Waals surface area contributed by atoms with Crippen LogP contribution in [0.5, 0.6) is 0 Å². The first kappa shape index (κ1) is 4.76. The average Bonchev–Trinajstić information content (AvgIpc) is 2.62. The van der Waals surface area contributed by atoms with Crippen molar-refractivity contribution < 1.29 is 0 Å². The SMILES string of the molecule is CC(C)C1C2C1C21CC1. The maximum atomic E-state index is 2.38. The van der Waals surface area contributed by atoms with E-state index in [1.54, 1.807) is 12.8 Å². The topological polar surface area (TPSA) is 0 Å². The number of hydrogen-bond donors (Lipinski definition) is 0. The van der Waals surface area contributed by atoms with Crippen LogP contribution >= 0.6 is 0 Å². The molecule has 0 aromatic rings. The summed E-state index contributed by atoms with van der Waals surface area (Å²) in [6.07, 6.45) is 3.18. The molecule has 50 valence electrons. The van der Waals surface area contributed by atoms with E-state index in [2.05, 4.69) is 13.8 Å². The van der Waals surface area contributed by atoms with E-state index >= 15 is 0 Å². The molecule has 0 aromatic heterocycles. The van der Waals surface area contributed by atoms with Crippen molar-refractivity contribution in [1.82, 2.24) is 0 Å². The van der Waals surface area contributed by atoms with Crippen LogP contribution in [0.25, 0.3) is 0 Å². The molecule has 0 bridgehead atoms. The summed E-state index contributed by atoms with van der Waals surface area (Å²) in [4.78, 5) is 0. The molecule has 0 aromatic carbocycles. The van der Waals surface area contributed by atoms with Crippen LogP contribution in [0.4, 0.5) is 0 Å². The van der Waals surface area contributed by atoms with Gasteiger partial charge >= 0.3 is 0 Å². The van der Waals surface area contributed by atoms with E-state index in [9.17, 15) is 0 Å². The molecule has 0 heteroatoms. The summed E-state index contributed by atoms with van der Waals surface area (Å²) < 4.78 is 0. The molecule has 3 aliphatic carbocycles. The van der Waals surface area contributed by atoms with Gasteiger partial charge in [0.15, 0.2) is 0 Å². The van der Waals surface area contributed by atoms with Crippen LogP contribution in [0, 0.1) is 29.1 Å². The lowest BCUT2D eigenvalue weighted by atomic mass is 9.93. The zero-order valence-corrected chi connectivity index (χ0v) is 6.22. The van der Waals surface area contributed by atoms with Crippen molar-refractivity contribution in [3.05, 3.63) is 0 Å². The third-order valence-electron chi connectivity index (χ3n) is 3.89. The highest BCUT2D eigenvalue weighted by Gasteiger charge is 2.87. The number of hydrogen-bond acceptors (Lipinski definition) is 0. The van der Waals surface area contributed by atoms with Crippen LogP contribution < -0.4 is 0 Å². The Morgan fingerprint density at radius 2 is 1.78 bits per heavy atom. The van der Waals surface area contributed by atoms with Gasteiger partial charge < -0.3 is 0 Å². The number of fused-ring (bicyclic) bond motifs is 3. The van der Waals surface area contributed by atoms with E-state index < -0.39 is 0 Å². The minimum atomic E-state index is 0.992. The molecule has 0 amide bonds. The van der Waals surface area contributed by atoms with Crippen molar-refractivity contribution in [2.45, 2.75) is 26.7 Å². The molecule has 0 heterocycles. The predicted octanol–water partition coefficient (Wildman–Crippen LogP) is 2.30. The van der Waals surface area contributed by atoms with Gasteiger partial charge in [-0.25, -0.2) is 0 Å². The van der Waals surface area contributed by atoms with Crippen molar-refractivity contribution in [2.24, 2.45) is 29.1 Å². The smallest absolute Gasteiger partial charge is 0.0229 e. The quantitative estimate of drug-likeness (QED) is 0.500. The summed E-state index contributed by atoms with van der Waals surface area (Å²) in [5.74, 6) is 4.63. The Hall–Kier alpha value is 0. The molecule has 2 unspecified atom stereocenters. The van der Waals surface area contributed by atoms with Crippen LogP contribution in [0.1, 0.15) is 26.7 Å². The van der Waals surface area contributed by atoms with Gasteiger partial charge in [-0.15, -0.1) is 0 Å². The lowest BCUT2D eigenvalue weighted by Gasteiger charge is -2.12. The minimum Gasteiger partial charge on any atom is -0.0625 e. The summed E-state index contributed by atoms with van der Waals surface area (Å²) in [6.45, 7) is 4.76. The predicted molar refractivity (Wildman–Crippen MR) is 37.0 cm³/mol. The second kappa shape index (κ2) is 0.980. The molecule has 0 saturated heterocycles. The van der Waals surface area contributed by atoms with Crippen molar-refractivity contribution >= 4 is 0 Å². The number of rotatable bonds is 1. The molecule has 3 aliphatic rings. The van der Waals surface area contributed by atoms with Gasteiger partial charge in [0.05, 0.1) is 0 Å². The molecule has 0 aliphatic heterocycles. The maximum absolute atomic E-state index is 2.38. The van der Waals surface area contributed by atoms with Gasteiger partial charge in [0.2, 0.25) is 0 Å². The fourth-order valence-corrected chi connectivity index (χ4v) is 3.18. The molecule has 2 atom stereocenters. The van der Waals surface area contributed by atoms with Crippen molar-refractivity contribution in [1.29, 1.82) is 0 Å². The van der Waals surface area contributed by atoms with E-state index in [1.807, 2.05) is 0 Å². The largest absolute Gasteiger partial charge is 0.0625 e. The molecule has 3 rings (SSSR count). The molecular weight excluding hydrogens is 108 g/mol. The summed E-state index contributed by atoms with van der Waals surface area (Å²) in [5.41, 5.74) is 1.01. The summed E-state index contributed by atoms with van der Waals surface area (Å²) in [6, 6.07) is 0. The van der Waals surface area contributed by atoms with Gasteiger partial charge in [-0.3, -0.25) is 0 Å². The Labute approximate surface area is 56.6 Å². The standard InChI is InChI=1S/C9H14/c1-5(2)6-7-8(6)9(7)3-4-9/h5-8H,3-4H2,1-2H3. The van der Waals surface area contributed by atoms with Gasteiger partial charge in [-0.1, -0.05) is 13.8 Å². The Balaban J connectivity index is 1.72. The van der Waals surface area contributed by atoms with Gasteiger partial charge in [0, 0.05) is 0 Å². The van der Waals surface area contributed by atoms with Crippen LogP contribution in [0.15, 0.2) is 0 Å². The second-order valence-electron chi connectivity index (χ2n) is 4.61. The third kappa shape index (κ3) is 0.342. The lowest BCUT2D eigenvalue weighted by Crippen LogP contribution is -2.06. The van der Waals surface area contributed by atoms with Gasteiger partial charge in [0.25, 0.3) is 0 Å². The minimum absolute atomic E-state index is 0.992. The highest BCUT2D eigenvalue weighted by atomic mass is 14.9. The highest BCUT2D eigenvalue weighted by molar-refractivity contribution is 5.35. The first-order valence-corrected chi connectivity index (χ1v) is 4.27. The van der Waals surface area contributed by atoms with E-state index in [1.165, 1.54) is 17.8 Å². The van der Waals surface area contributed by atoms with Crippen molar-refractivity contribution in [3.63, 3.8) is 0 Å². The van der Waals surface area contributed by atoms with Crippen molar-refractivity contribution in [3.8, 4) is 0 Å². The summed E-state index contributed by atoms with van der Waals surface area (Å²) in [5, 5.41) is 0. The normalized spacial score (nSPS) is 55.7. The average molecular weight is 122 g/mol. The summed E-state index contributed by atoms with van der Waals surface area (Å²) >= 11 is 0. The molecule has 1 spiro atoms. The zero-order valence-electron chi connectivity index (χ0n) is 6.22. The van der Waals surface area contributed by atoms with E-state index in [-0.39, 0.29) is 0 Å². The monoisotopic (exact) mass is 122 g/mol. The van der Waals surface area contributed by atoms with E-state index in [0.29, 0.717) is 0 Å². The molecule has 3 fully saturated rings. The molecular formula is C9H14. The Kier molecular flexibility index (Phi) is 0.518. The Morgan fingerprint density at radius 1 is 1.22 bits per heavy atom. The van der Waals surface area contributed by atoms with Gasteiger partial charge in [-0.05, 0) is 41.9 Å². The fourth-order valence-electron chi connectivity index (χ4n) is 3.18. The molecule has 0 nitrogen and oxygen atoms in total. The maximum Gasteiger partial charge on any atom is -0.0229 e. The molecule has 9 heavy (non-hydrogen) atoms. The van der Waals surface area contributed by atoms with Crippen molar-refractivity contribution in [2.75, 3.05) is 0 Å². The Bertz CT molecular complexity index is 146. The first-order chi connectivity index (χ1) is 4.27. The van der Waals surface area contributed by atoms with Gasteiger partial charge in [0.1, 0.15) is 0 Å². The van der Waals surface area contributed by atoms with E-state index in [4.69, 9.17) is 0 Å². The van der Waals surface area contributed by atoms with Crippen LogP contribution in [-0.4, -0.2) is 0 Å². The highest BCUT2D eigenvalue weighted by Crippen LogP contribution is 2.93. The fraction of sp³-hybridized carbons (Fsp3) is 1.00. The first-order valence-electron chi connectivity index (χ1n) is 4.27. The molecule has 3 saturated carbocycles. The Morgan fingerprint density at radius 3 is 2.11 bits per heavy atom. The second-order valence-corrected chi connectivity index (χ2v) is 4.61.